The van der Waals surface area contributed by atoms with Gasteiger partial charge in [0.25, 0.3) is 0 Å². The van der Waals surface area contributed by atoms with E-state index in [9.17, 15) is 4.79 Å². The number of carboxylic acids is 1. The van der Waals surface area contributed by atoms with Crippen LogP contribution in [0.4, 0.5) is 5.82 Å². The molecule has 1 aliphatic heterocycles. The fourth-order valence-electron chi connectivity index (χ4n) is 2.36. The molecule has 2 N–H and O–H groups in total. The zero-order chi connectivity index (χ0) is 13.0. The van der Waals surface area contributed by atoms with E-state index in [-0.39, 0.29) is 12.3 Å². The van der Waals surface area contributed by atoms with Gasteiger partial charge in [-0.05, 0) is 37.8 Å². The molecule has 1 fully saturated rings. The summed E-state index contributed by atoms with van der Waals surface area (Å²) in [6.45, 7) is 1.12. The number of aromatic carboxylic acids is 1. The molecule has 1 aromatic heterocycles. The number of anilines is 1. The molecule has 0 aliphatic carbocycles. The van der Waals surface area contributed by atoms with E-state index in [0.29, 0.717) is 6.04 Å². The fourth-order valence-corrected chi connectivity index (χ4v) is 2.36. The van der Waals surface area contributed by atoms with E-state index < -0.39 is 5.97 Å². The Hall–Kier alpha value is -1.69. The van der Waals surface area contributed by atoms with Crippen LogP contribution in [-0.2, 0) is 0 Å². The number of carboxylic acid groups (broad SMARTS) is 1. The molecule has 6 heteroatoms. The average Bonchev–Trinajstić information content (AvgIpc) is 2.84. The lowest BCUT2D eigenvalue weighted by molar-refractivity contribution is 0.0689. The second-order valence-electron chi connectivity index (χ2n) is 4.44. The maximum atomic E-state index is 10.7. The van der Waals surface area contributed by atoms with Crippen molar-refractivity contribution in [3.05, 3.63) is 17.8 Å². The first-order valence-electron chi connectivity index (χ1n) is 6.17. The van der Waals surface area contributed by atoms with E-state index in [1.807, 2.05) is 0 Å². The van der Waals surface area contributed by atoms with E-state index in [4.69, 9.17) is 10.2 Å². The van der Waals surface area contributed by atoms with Crippen molar-refractivity contribution in [3.63, 3.8) is 0 Å². The Kier molecular flexibility index (Phi) is 4.09. The summed E-state index contributed by atoms with van der Waals surface area (Å²) in [7, 11) is 0. The number of hydrogen-bond donors (Lipinski definition) is 2. The summed E-state index contributed by atoms with van der Waals surface area (Å²) in [4.78, 5) is 12.8. The van der Waals surface area contributed by atoms with Gasteiger partial charge < -0.3 is 15.1 Å². The highest BCUT2D eigenvalue weighted by Gasteiger charge is 2.25. The van der Waals surface area contributed by atoms with Gasteiger partial charge in [-0.2, -0.15) is 0 Å². The van der Waals surface area contributed by atoms with Crippen molar-refractivity contribution in [2.45, 2.75) is 31.7 Å². The minimum absolute atomic E-state index is 0.0372. The number of aromatic nitrogens is 2. The lowest BCUT2D eigenvalue weighted by Crippen LogP contribution is -2.30. The Morgan fingerprint density at radius 2 is 2.28 bits per heavy atom. The Labute approximate surface area is 105 Å². The van der Waals surface area contributed by atoms with Crippen molar-refractivity contribution in [1.29, 1.82) is 0 Å². The van der Waals surface area contributed by atoms with Gasteiger partial charge in [-0.3, -0.25) is 0 Å². The van der Waals surface area contributed by atoms with Crippen molar-refractivity contribution < 1.29 is 15.0 Å². The summed E-state index contributed by atoms with van der Waals surface area (Å²) in [6.07, 6.45) is 3.89. The van der Waals surface area contributed by atoms with Crippen molar-refractivity contribution in [2.75, 3.05) is 18.1 Å². The van der Waals surface area contributed by atoms with Gasteiger partial charge in [0.2, 0.25) is 0 Å². The molecule has 0 spiro atoms. The van der Waals surface area contributed by atoms with Crippen molar-refractivity contribution in [2.24, 2.45) is 0 Å². The zero-order valence-electron chi connectivity index (χ0n) is 10.1. The molecule has 18 heavy (non-hydrogen) atoms. The lowest BCUT2D eigenvalue weighted by Gasteiger charge is -2.25. The monoisotopic (exact) mass is 251 g/mol. The third-order valence-electron chi connectivity index (χ3n) is 3.24. The third-order valence-corrected chi connectivity index (χ3v) is 3.24. The van der Waals surface area contributed by atoms with Gasteiger partial charge in [-0.1, -0.05) is 0 Å². The van der Waals surface area contributed by atoms with E-state index in [0.717, 1.165) is 38.0 Å². The maximum absolute atomic E-state index is 10.7. The number of carbonyl (C=O) groups is 1. The van der Waals surface area contributed by atoms with Gasteiger partial charge in [0, 0.05) is 19.2 Å². The van der Waals surface area contributed by atoms with Gasteiger partial charge in [-0.25, -0.2) is 4.79 Å². The van der Waals surface area contributed by atoms with Crippen molar-refractivity contribution >= 4 is 11.8 Å². The summed E-state index contributed by atoms with van der Waals surface area (Å²) in [5, 5.41) is 25.3. The molecular formula is C12H17N3O3. The molecule has 1 atom stereocenters. The quantitative estimate of drug-likeness (QED) is 0.809. The van der Waals surface area contributed by atoms with E-state index >= 15 is 0 Å². The third kappa shape index (κ3) is 2.76. The topological polar surface area (TPSA) is 86.5 Å². The molecule has 2 rings (SSSR count). The van der Waals surface area contributed by atoms with E-state index in [1.54, 1.807) is 6.07 Å². The fraction of sp³-hybridized carbons (Fsp3) is 0.583. The molecular weight excluding hydrogens is 234 g/mol. The highest BCUT2D eigenvalue weighted by atomic mass is 16.4. The molecule has 0 aromatic carbocycles. The Morgan fingerprint density at radius 1 is 1.44 bits per heavy atom. The summed E-state index contributed by atoms with van der Waals surface area (Å²) < 4.78 is 0. The van der Waals surface area contributed by atoms with Crippen LogP contribution >= 0.6 is 0 Å². The summed E-state index contributed by atoms with van der Waals surface area (Å²) >= 11 is 0. The normalized spacial score (nSPS) is 19.2. The standard InChI is InChI=1S/C12H17N3O3/c16-8-2-4-9-3-1-7-15(9)11-6-5-10(12(17)18)13-14-11/h5-6,9,16H,1-4,7-8H2,(H,17,18). The summed E-state index contributed by atoms with van der Waals surface area (Å²) in [6, 6.07) is 3.56. The largest absolute Gasteiger partial charge is 0.476 e. The van der Waals surface area contributed by atoms with Gasteiger partial charge in [0.1, 0.15) is 0 Å². The highest BCUT2D eigenvalue weighted by molar-refractivity contribution is 5.85. The first kappa shape index (κ1) is 12.8. The van der Waals surface area contributed by atoms with Gasteiger partial charge in [0.05, 0.1) is 0 Å². The van der Waals surface area contributed by atoms with Crippen LogP contribution in [0.25, 0.3) is 0 Å². The zero-order valence-corrected chi connectivity index (χ0v) is 10.1. The Morgan fingerprint density at radius 3 is 2.89 bits per heavy atom. The SMILES string of the molecule is O=C(O)c1ccc(N2CCCC2CCCO)nn1. The van der Waals surface area contributed by atoms with E-state index in [2.05, 4.69) is 15.1 Å². The number of hydrogen-bond acceptors (Lipinski definition) is 5. The minimum atomic E-state index is -1.06. The van der Waals surface area contributed by atoms with Crippen molar-refractivity contribution in [1.82, 2.24) is 10.2 Å². The summed E-state index contributed by atoms with van der Waals surface area (Å²) in [5.74, 6) is -0.340. The predicted molar refractivity (Wildman–Crippen MR) is 65.7 cm³/mol. The molecule has 1 aromatic rings. The molecule has 0 saturated carbocycles. The van der Waals surface area contributed by atoms with Gasteiger partial charge in [-0.15, -0.1) is 10.2 Å². The Bertz CT molecular complexity index is 408. The number of nitrogens with zero attached hydrogens (tertiary/aromatic N) is 3. The average molecular weight is 251 g/mol. The molecule has 1 saturated heterocycles. The van der Waals surface area contributed by atoms with Gasteiger partial charge >= 0.3 is 5.97 Å². The summed E-state index contributed by atoms with van der Waals surface area (Å²) in [5.41, 5.74) is -0.0372. The van der Waals surface area contributed by atoms with Crippen LogP contribution in [-0.4, -0.2) is 45.6 Å². The second kappa shape index (κ2) is 5.77. The van der Waals surface area contributed by atoms with Crippen LogP contribution in [0.15, 0.2) is 12.1 Å². The second-order valence-corrected chi connectivity index (χ2v) is 4.44. The Balaban J connectivity index is 2.07. The van der Waals surface area contributed by atoms with Crippen LogP contribution < -0.4 is 4.90 Å². The minimum Gasteiger partial charge on any atom is -0.476 e. The predicted octanol–water partition coefficient (Wildman–Crippen LogP) is 0.916. The molecule has 98 valence electrons. The lowest BCUT2D eigenvalue weighted by atomic mass is 10.1. The number of aliphatic hydroxyl groups excluding tert-OH is 1. The molecule has 0 amide bonds. The molecule has 1 aliphatic rings. The number of rotatable bonds is 5. The highest BCUT2D eigenvalue weighted by Crippen LogP contribution is 2.26. The maximum Gasteiger partial charge on any atom is 0.356 e. The smallest absolute Gasteiger partial charge is 0.356 e. The molecule has 1 unspecified atom stereocenters. The van der Waals surface area contributed by atoms with Crippen LogP contribution in [0.5, 0.6) is 0 Å². The molecule has 2 heterocycles. The molecule has 6 nitrogen and oxygen atoms in total. The first-order valence-corrected chi connectivity index (χ1v) is 6.17. The van der Waals surface area contributed by atoms with Crippen molar-refractivity contribution in [3.8, 4) is 0 Å². The van der Waals surface area contributed by atoms with Crippen LogP contribution in [0.3, 0.4) is 0 Å². The molecule has 0 bridgehead atoms. The molecule has 0 radical (unpaired) electrons. The van der Waals surface area contributed by atoms with Crippen LogP contribution in [0.2, 0.25) is 0 Å². The van der Waals surface area contributed by atoms with Crippen LogP contribution in [0, 0.1) is 0 Å². The van der Waals surface area contributed by atoms with Crippen LogP contribution in [0.1, 0.15) is 36.2 Å². The van der Waals surface area contributed by atoms with Gasteiger partial charge in [0.15, 0.2) is 11.5 Å². The van der Waals surface area contributed by atoms with E-state index in [1.165, 1.54) is 6.07 Å². The number of aliphatic hydroxyl groups is 1. The first-order chi connectivity index (χ1) is 8.72.